The summed E-state index contributed by atoms with van der Waals surface area (Å²) in [5.41, 5.74) is 2.28. The molecule has 13 heteroatoms. The maximum atomic E-state index is 11.1. The van der Waals surface area contributed by atoms with Crippen LogP contribution in [0.5, 0.6) is 0 Å². The third-order valence-corrected chi connectivity index (χ3v) is 4.87. The van der Waals surface area contributed by atoms with Gasteiger partial charge >= 0.3 is 49.4 Å². The second kappa shape index (κ2) is 28.0. The van der Waals surface area contributed by atoms with Crippen LogP contribution in [0, 0.1) is 14.4 Å². The molecule has 38 heavy (non-hydrogen) atoms. The van der Waals surface area contributed by atoms with Gasteiger partial charge in [0, 0.05) is 81.6 Å². The first-order valence-electron chi connectivity index (χ1n) is 11.6. The van der Waals surface area contributed by atoms with Gasteiger partial charge in [0.25, 0.3) is 0 Å². The van der Waals surface area contributed by atoms with Crippen molar-refractivity contribution in [2.24, 2.45) is 0 Å². The van der Waals surface area contributed by atoms with Crippen LogP contribution >= 0.6 is 85.1 Å². The van der Waals surface area contributed by atoms with E-state index in [0.29, 0.717) is 20.6 Å². The van der Waals surface area contributed by atoms with E-state index in [2.05, 4.69) is 116 Å². The van der Waals surface area contributed by atoms with Crippen molar-refractivity contribution in [3.8, 4) is 0 Å². The van der Waals surface area contributed by atoms with Crippen molar-refractivity contribution in [1.29, 1.82) is 0 Å². The third-order valence-electron chi connectivity index (χ3n) is 4.87. The Morgan fingerprint density at radius 1 is 0.816 bits per heavy atom. The fourth-order valence-electron chi connectivity index (χ4n) is 2.95. The van der Waals surface area contributed by atoms with Crippen LogP contribution in [0.3, 0.4) is 0 Å². The van der Waals surface area contributed by atoms with Gasteiger partial charge in [-0.25, -0.2) is 4.98 Å². The Labute approximate surface area is 285 Å². The van der Waals surface area contributed by atoms with Gasteiger partial charge in [0.2, 0.25) is 0 Å². The summed E-state index contributed by atoms with van der Waals surface area (Å²) in [4.78, 5) is 32.3. The Morgan fingerprint density at radius 3 is 1.53 bits per heavy atom. The van der Waals surface area contributed by atoms with E-state index in [0.717, 1.165) is 63.9 Å². The number of aryl methyl sites for hydroxylation is 1. The minimum absolute atomic E-state index is 0. The second-order valence-corrected chi connectivity index (χ2v) is 23.8. The van der Waals surface area contributed by atoms with Crippen LogP contribution in [0.1, 0.15) is 40.3 Å². The predicted molar refractivity (Wildman–Crippen MR) is 191 cm³/mol. The molecule has 4 heterocycles. The molecule has 8 nitrogen and oxygen atoms in total. The zero-order valence-electron chi connectivity index (χ0n) is 22.4. The van der Waals surface area contributed by atoms with Crippen molar-refractivity contribution in [3.63, 3.8) is 0 Å². The molecule has 2 aromatic rings. The monoisotopic (exact) mass is 1010 g/mol. The number of carbonyl (C=O) groups excluding carboxylic acids is 2. The number of hydrogen-bond acceptors (Lipinski definition) is 8. The number of pyridine rings is 2. The van der Waals surface area contributed by atoms with Gasteiger partial charge in [-0.1, -0.05) is 45.2 Å². The molecule has 3 N–H and O–H groups in total. The number of halogens is 4. The van der Waals surface area contributed by atoms with Crippen molar-refractivity contribution in [1.82, 2.24) is 25.9 Å². The quantitative estimate of drug-likeness (QED) is 0.161. The number of anilines is 1. The molecular weight excluding hydrogens is 975 g/mol. The zero-order valence-corrected chi connectivity index (χ0v) is 32.5. The molecule has 0 aromatic carbocycles. The summed E-state index contributed by atoms with van der Waals surface area (Å²) in [6.07, 6.45) is 3.25. The normalized spacial score (nSPS) is 13.6. The van der Waals surface area contributed by atoms with E-state index in [9.17, 15) is 9.59 Å². The molecule has 0 atom stereocenters. The van der Waals surface area contributed by atoms with Crippen molar-refractivity contribution in [3.05, 3.63) is 60.9 Å². The van der Waals surface area contributed by atoms with Crippen molar-refractivity contribution >= 4 is 103 Å². The molecular formula is C25H39I4N6O2V-. The first-order valence-corrected chi connectivity index (χ1v) is 23.7. The van der Waals surface area contributed by atoms with Gasteiger partial charge in [0.1, 0.15) is 5.82 Å². The maximum absolute atomic E-state index is 11.1. The predicted octanol–water partition coefficient (Wildman–Crippen LogP) is 5.50. The number of nitrogens with zero attached hydrogens (tertiary/aromatic N) is 3. The molecule has 215 valence electrons. The van der Waals surface area contributed by atoms with Crippen LogP contribution in [0.2, 0.25) is 0 Å². The Hall–Kier alpha value is 0.824. The van der Waals surface area contributed by atoms with E-state index >= 15 is 0 Å². The second-order valence-electron chi connectivity index (χ2n) is 7.61. The van der Waals surface area contributed by atoms with E-state index in [1.54, 1.807) is 25.4 Å². The minimum atomic E-state index is 0. The standard InChI is InChI=1S/C11H15N3O.C8H9NO.C4H10N2.CH2I2.CH3.2HI.V/c1-9(15)10-2-3-11(13-8-10)14-6-4-12-5-7-14;1-6-3-4-8(5-9-6)7(2)10;1-2-6-4-3-5-1;2-1-3;;;;/h2-3,8,12H,4-7H2,1H3;3-5H,1-2H3;5-6H,1-4H2;1H2;1H3;2*1H;/q;;;;-1;;;+2/p-2. The summed E-state index contributed by atoms with van der Waals surface area (Å²) < 4.78 is 1.19. The number of piperazine rings is 2. The molecule has 0 radical (unpaired) electrons. The topological polar surface area (TPSA) is 99.2 Å². The Morgan fingerprint density at radius 2 is 1.21 bits per heavy atom. The number of carbonyl (C=O) groups is 2. The van der Waals surface area contributed by atoms with Crippen LogP contribution in [-0.2, 0) is 9.47 Å². The van der Waals surface area contributed by atoms with Crippen LogP contribution in [0.25, 0.3) is 0 Å². The number of Topliss-reactive ketones (excluding diaryl/α,β-unsaturated/α-hetero) is 2. The molecule has 2 aromatic heterocycles. The Balaban J connectivity index is 0. The molecule has 2 aliphatic heterocycles. The van der Waals surface area contributed by atoms with E-state index in [-0.39, 0.29) is 19.0 Å². The van der Waals surface area contributed by atoms with Gasteiger partial charge in [0.05, 0.1) is 2.43 Å². The van der Waals surface area contributed by atoms with E-state index in [1.165, 1.54) is 9.36 Å². The molecule has 2 saturated heterocycles. The Kier molecular flexibility index (Phi) is 30.1. The summed E-state index contributed by atoms with van der Waals surface area (Å²) in [5, 5.41) is 9.73. The van der Waals surface area contributed by atoms with Gasteiger partial charge < -0.3 is 28.3 Å². The summed E-state index contributed by atoms with van der Waals surface area (Å²) in [5.74, 6) is 1.09. The van der Waals surface area contributed by atoms with Crippen molar-refractivity contribution in [2.75, 3.05) is 59.7 Å². The SMILES string of the molecule is C1CNCCN1.CC(=O)c1ccc(C)nc1.CC(=O)c1ccc(N2CCNCC2)nc1.ICI.[CH3-].[I][V][I]. The summed E-state index contributed by atoms with van der Waals surface area (Å²) in [6, 6.07) is 7.37. The van der Waals surface area contributed by atoms with E-state index < -0.39 is 0 Å². The number of aromatic nitrogens is 2. The zero-order chi connectivity index (χ0) is 27.9. The average molecular weight is 1010 g/mol. The molecule has 2 aliphatic rings. The van der Waals surface area contributed by atoms with Crippen LogP contribution in [0.4, 0.5) is 5.82 Å². The van der Waals surface area contributed by atoms with Gasteiger partial charge in [0.15, 0.2) is 11.6 Å². The average Bonchev–Trinajstić information content (AvgIpc) is 2.92. The summed E-state index contributed by atoms with van der Waals surface area (Å²) in [7, 11) is 0.628. The molecule has 4 rings (SSSR count). The van der Waals surface area contributed by atoms with E-state index in [4.69, 9.17) is 0 Å². The molecule has 0 amide bonds. The molecule has 0 aliphatic carbocycles. The molecule has 0 unspecified atom stereocenters. The molecule has 2 fully saturated rings. The van der Waals surface area contributed by atoms with Gasteiger partial charge in [-0.2, -0.15) is 0 Å². The fourth-order valence-corrected chi connectivity index (χ4v) is 2.95. The number of alkyl halides is 2. The van der Waals surface area contributed by atoms with Crippen LogP contribution < -0.4 is 20.9 Å². The number of ketones is 2. The van der Waals surface area contributed by atoms with Gasteiger partial charge in [-0.05, 0) is 45.0 Å². The number of hydrogen-bond donors (Lipinski definition) is 3. The molecule has 0 saturated carbocycles. The first-order chi connectivity index (χ1) is 17.8. The van der Waals surface area contributed by atoms with Gasteiger partial charge in [-0.15, -0.1) is 0 Å². The van der Waals surface area contributed by atoms with Gasteiger partial charge in [-0.3, -0.25) is 14.6 Å². The number of rotatable bonds is 3. The molecule has 0 spiro atoms. The molecule has 0 bridgehead atoms. The van der Waals surface area contributed by atoms with Crippen LogP contribution in [-0.4, -0.2) is 76.3 Å². The number of nitrogens with one attached hydrogen (secondary N) is 3. The summed E-state index contributed by atoms with van der Waals surface area (Å²) >= 11 is 9.29. The first kappa shape index (κ1) is 41.0. The Bertz CT molecular complexity index is 840. The fraction of sp³-hybridized carbons (Fsp3) is 0.480. The summed E-state index contributed by atoms with van der Waals surface area (Å²) in [6.45, 7) is 13.5. The van der Waals surface area contributed by atoms with Crippen LogP contribution in [0.15, 0.2) is 36.7 Å². The van der Waals surface area contributed by atoms with E-state index in [1.807, 2.05) is 25.1 Å². The van der Waals surface area contributed by atoms with Crippen molar-refractivity contribution < 1.29 is 19.1 Å². The van der Waals surface area contributed by atoms with Crippen molar-refractivity contribution in [2.45, 2.75) is 20.8 Å². The third kappa shape index (κ3) is 21.6.